The number of ether oxygens (including phenoxy) is 1. The molecule has 1 heterocycles. The summed E-state index contributed by atoms with van der Waals surface area (Å²) in [4.78, 5) is 12.4. The summed E-state index contributed by atoms with van der Waals surface area (Å²) in [6.45, 7) is 2.49. The smallest absolute Gasteiger partial charge is 0.233 e. The second-order valence-electron chi connectivity index (χ2n) is 6.49. The van der Waals surface area contributed by atoms with E-state index in [1.165, 1.54) is 24.6 Å². The highest BCUT2D eigenvalue weighted by molar-refractivity contribution is 8.00. The molecule has 2 aromatic rings. The number of benzene rings is 1. The Morgan fingerprint density at radius 1 is 1.35 bits per heavy atom. The van der Waals surface area contributed by atoms with Crippen LogP contribution in [0.5, 0.6) is 5.75 Å². The van der Waals surface area contributed by atoms with Crippen LogP contribution in [0.25, 0.3) is 0 Å². The number of amides is 1. The predicted molar refractivity (Wildman–Crippen MR) is 100 cm³/mol. The van der Waals surface area contributed by atoms with Crippen molar-refractivity contribution in [2.45, 2.75) is 55.5 Å². The van der Waals surface area contributed by atoms with Gasteiger partial charge in [-0.2, -0.15) is 0 Å². The Balaban J connectivity index is 1.46. The van der Waals surface area contributed by atoms with E-state index in [0.29, 0.717) is 12.6 Å². The molecule has 1 atom stereocenters. The van der Waals surface area contributed by atoms with E-state index in [1.54, 1.807) is 7.11 Å². The maximum atomic E-state index is 12.4. The average Bonchev–Trinajstić information content (AvgIpc) is 3.33. The molecule has 1 saturated carbocycles. The van der Waals surface area contributed by atoms with Gasteiger partial charge in [-0.3, -0.25) is 4.79 Å². The van der Waals surface area contributed by atoms with Gasteiger partial charge in [0, 0.05) is 6.54 Å². The van der Waals surface area contributed by atoms with E-state index in [9.17, 15) is 4.79 Å². The SMILES string of the molecule is COc1ccc(CCNC(=O)C(C)Sc2nnnn2C2CCCC2)cc1. The molecule has 1 aromatic carbocycles. The van der Waals surface area contributed by atoms with Gasteiger partial charge in [-0.25, -0.2) is 4.68 Å². The highest BCUT2D eigenvalue weighted by atomic mass is 32.2. The third-order valence-corrected chi connectivity index (χ3v) is 5.70. The van der Waals surface area contributed by atoms with Gasteiger partial charge in [-0.1, -0.05) is 36.7 Å². The Bertz CT molecular complexity index is 713. The zero-order valence-corrected chi connectivity index (χ0v) is 16.0. The molecule has 140 valence electrons. The second kappa shape index (κ2) is 9.02. The number of rotatable bonds is 8. The van der Waals surface area contributed by atoms with Crippen LogP contribution in [0.1, 0.15) is 44.2 Å². The van der Waals surface area contributed by atoms with Crippen molar-refractivity contribution in [2.75, 3.05) is 13.7 Å². The molecule has 0 saturated heterocycles. The molecule has 0 bridgehead atoms. The summed E-state index contributed by atoms with van der Waals surface area (Å²) in [5.41, 5.74) is 1.16. The lowest BCUT2D eigenvalue weighted by Crippen LogP contribution is -2.32. The quantitative estimate of drug-likeness (QED) is 0.714. The number of hydrogen-bond acceptors (Lipinski definition) is 6. The van der Waals surface area contributed by atoms with Crippen LogP contribution in [0.4, 0.5) is 0 Å². The van der Waals surface area contributed by atoms with Crippen molar-refractivity contribution in [2.24, 2.45) is 0 Å². The number of nitrogens with one attached hydrogen (secondary N) is 1. The van der Waals surface area contributed by atoms with Crippen molar-refractivity contribution >= 4 is 17.7 Å². The number of tetrazole rings is 1. The molecule has 0 radical (unpaired) electrons. The summed E-state index contributed by atoms with van der Waals surface area (Å²) in [5, 5.41) is 15.5. The van der Waals surface area contributed by atoms with Gasteiger partial charge < -0.3 is 10.1 Å². The van der Waals surface area contributed by atoms with Crippen LogP contribution >= 0.6 is 11.8 Å². The normalized spacial score (nSPS) is 15.8. The molecular weight excluding hydrogens is 350 g/mol. The van der Waals surface area contributed by atoms with Crippen molar-refractivity contribution in [3.8, 4) is 5.75 Å². The molecule has 8 heteroatoms. The number of methoxy groups -OCH3 is 1. The number of thioether (sulfide) groups is 1. The third kappa shape index (κ3) is 4.75. The topological polar surface area (TPSA) is 81.9 Å². The number of carbonyl (C=O) groups is 1. The monoisotopic (exact) mass is 375 g/mol. The van der Waals surface area contributed by atoms with Crippen molar-refractivity contribution in [1.29, 1.82) is 0 Å². The van der Waals surface area contributed by atoms with Crippen molar-refractivity contribution in [1.82, 2.24) is 25.5 Å². The first kappa shape index (κ1) is 18.7. The van der Waals surface area contributed by atoms with Gasteiger partial charge in [-0.05, 0) is 54.3 Å². The van der Waals surface area contributed by atoms with Crippen molar-refractivity contribution in [3.05, 3.63) is 29.8 Å². The fourth-order valence-electron chi connectivity index (χ4n) is 3.12. The maximum absolute atomic E-state index is 12.4. The van der Waals surface area contributed by atoms with Crippen LogP contribution in [0, 0.1) is 0 Å². The number of carbonyl (C=O) groups excluding carboxylic acids is 1. The van der Waals surface area contributed by atoms with E-state index in [-0.39, 0.29) is 11.2 Å². The summed E-state index contributed by atoms with van der Waals surface area (Å²) >= 11 is 1.42. The summed E-state index contributed by atoms with van der Waals surface area (Å²) < 4.78 is 7.04. The Morgan fingerprint density at radius 3 is 2.77 bits per heavy atom. The van der Waals surface area contributed by atoms with E-state index in [4.69, 9.17) is 4.74 Å². The molecular formula is C18H25N5O2S. The minimum absolute atomic E-state index is 0.00415. The van der Waals surface area contributed by atoms with Crippen LogP contribution in [0.15, 0.2) is 29.4 Å². The Labute approximate surface area is 157 Å². The van der Waals surface area contributed by atoms with Gasteiger partial charge >= 0.3 is 0 Å². The highest BCUT2D eigenvalue weighted by Crippen LogP contribution is 2.32. The zero-order valence-electron chi connectivity index (χ0n) is 15.2. The Hall–Kier alpha value is -2.09. The molecule has 7 nitrogen and oxygen atoms in total. The van der Waals surface area contributed by atoms with E-state index in [1.807, 2.05) is 35.9 Å². The first-order valence-corrected chi connectivity index (χ1v) is 9.90. The van der Waals surface area contributed by atoms with Gasteiger partial charge in [0.15, 0.2) is 0 Å². The summed E-state index contributed by atoms with van der Waals surface area (Å²) in [5.74, 6) is 0.840. The molecule has 1 amide bonds. The third-order valence-electron chi connectivity index (χ3n) is 4.66. The van der Waals surface area contributed by atoms with Crippen molar-refractivity contribution in [3.63, 3.8) is 0 Å². The molecule has 1 aromatic heterocycles. The van der Waals surface area contributed by atoms with Gasteiger partial charge in [0.25, 0.3) is 0 Å². The average molecular weight is 375 g/mol. The molecule has 3 rings (SSSR count). The maximum Gasteiger partial charge on any atom is 0.233 e. The van der Waals surface area contributed by atoms with Gasteiger partial charge in [0.1, 0.15) is 5.75 Å². The Kier molecular flexibility index (Phi) is 6.49. The molecule has 1 aliphatic carbocycles. The van der Waals surface area contributed by atoms with Crippen LogP contribution in [0.3, 0.4) is 0 Å². The largest absolute Gasteiger partial charge is 0.497 e. The van der Waals surface area contributed by atoms with Crippen LogP contribution in [-0.2, 0) is 11.2 Å². The molecule has 0 spiro atoms. The fourth-order valence-corrected chi connectivity index (χ4v) is 4.00. The zero-order chi connectivity index (χ0) is 18.4. The second-order valence-corrected chi connectivity index (χ2v) is 7.80. The van der Waals surface area contributed by atoms with E-state index < -0.39 is 0 Å². The lowest BCUT2D eigenvalue weighted by Gasteiger charge is -2.14. The molecule has 1 aliphatic rings. The van der Waals surface area contributed by atoms with Crippen LogP contribution in [0.2, 0.25) is 0 Å². The first-order valence-electron chi connectivity index (χ1n) is 9.02. The summed E-state index contributed by atoms with van der Waals surface area (Å²) in [6.07, 6.45) is 5.45. The fraction of sp³-hybridized carbons (Fsp3) is 0.556. The minimum Gasteiger partial charge on any atom is -0.497 e. The highest BCUT2D eigenvalue weighted by Gasteiger charge is 2.24. The lowest BCUT2D eigenvalue weighted by atomic mass is 10.1. The van der Waals surface area contributed by atoms with Gasteiger partial charge in [0.2, 0.25) is 11.1 Å². The van der Waals surface area contributed by atoms with E-state index in [2.05, 4.69) is 20.8 Å². The number of aromatic nitrogens is 4. The molecule has 1 unspecified atom stereocenters. The first-order chi connectivity index (χ1) is 12.7. The van der Waals surface area contributed by atoms with Crippen molar-refractivity contribution < 1.29 is 9.53 Å². The summed E-state index contributed by atoms with van der Waals surface area (Å²) in [6, 6.07) is 8.26. The lowest BCUT2D eigenvalue weighted by molar-refractivity contribution is -0.120. The minimum atomic E-state index is -0.239. The van der Waals surface area contributed by atoms with Gasteiger partial charge in [-0.15, -0.1) is 5.10 Å². The number of nitrogens with zero attached hydrogens (tertiary/aromatic N) is 4. The molecule has 0 aliphatic heterocycles. The van der Waals surface area contributed by atoms with E-state index in [0.717, 1.165) is 35.7 Å². The predicted octanol–water partition coefficient (Wildman–Crippen LogP) is 2.64. The van der Waals surface area contributed by atoms with E-state index >= 15 is 0 Å². The molecule has 26 heavy (non-hydrogen) atoms. The molecule has 1 N–H and O–H groups in total. The van der Waals surface area contributed by atoms with Gasteiger partial charge in [0.05, 0.1) is 18.4 Å². The Morgan fingerprint density at radius 2 is 2.08 bits per heavy atom. The van der Waals surface area contributed by atoms with Crippen LogP contribution in [-0.4, -0.2) is 45.0 Å². The number of hydrogen-bond donors (Lipinski definition) is 1. The summed E-state index contributed by atoms with van der Waals surface area (Å²) in [7, 11) is 1.65. The molecule has 1 fully saturated rings. The standard InChI is InChI=1S/C18H25N5O2S/c1-13(26-18-20-21-22-23(18)15-5-3-4-6-15)17(24)19-12-11-14-7-9-16(25-2)10-8-14/h7-10,13,15H,3-6,11-12H2,1-2H3,(H,19,24). The van der Waals surface area contributed by atoms with Crippen LogP contribution < -0.4 is 10.1 Å².